The van der Waals surface area contributed by atoms with Crippen LogP contribution in [0.1, 0.15) is 68.4 Å². The van der Waals surface area contributed by atoms with Crippen molar-refractivity contribution in [2.75, 3.05) is 24.7 Å². The zero-order chi connectivity index (χ0) is 29.6. The number of nitrogens with one attached hydrogen (secondary N) is 2. The molecule has 0 aliphatic carbocycles. The molecule has 2 aliphatic rings. The minimum absolute atomic E-state index is 0.0333. The zero-order valence-corrected chi connectivity index (χ0v) is 24.6. The van der Waals surface area contributed by atoms with E-state index in [2.05, 4.69) is 20.6 Å². The van der Waals surface area contributed by atoms with Gasteiger partial charge in [-0.2, -0.15) is 0 Å². The molecule has 1 amide bonds. The lowest BCUT2D eigenvalue weighted by atomic mass is 10.00. The van der Waals surface area contributed by atoms with Crippen molar-refractivity contribution in [3.8, 4) is 17.0 Å². The van der Waals surface area contributed by atoms with Gasteiger partial charge in [-0.25, -0.2) is 18.4 Å². The number of nitrogens with two attached hydrogens (primary N) is 1. The number of ether oxygens (including phenoxy) is 1. The molecule has 10 nitrogen and oxygen atoms in total. The van der Waals surface area contributed by atoms with Crippen LogP contribution in [0.25, 0.3) is 11.3 Å². The molecule has 1 aromatic heterocycles. The number of nitrogens with zero attached hydrogens (tertiary/aromatic N) is 2. The van der Waals surface area contributed by atoms with E-state index >= 15 is 0 Å². The first-order valence-corrected chi connectivity index (χ1v) is 15.4. The molecule has 41 heavy (non-hydrogen) atoms. The Morgan fingerprint density at radius 1 is 1.12 bits per heavy atom. The highest BCUT2D eigenvalue weighted by atomic mass is 32.2. The number of aromatic nitrogens is 2. The van der Waals surface area contributed by atoms with Crippen LogP contribution >= 0.6 is 0 Å². The quantitative estimate of drug-likeness (QED) is 0.346. The van der Waals surface area contributed by atoms with Crippen LogP contribution in [0.5, 0.6) is 5.75 Å². The lowest BCUT2D eigenvalue weighted by Crippen LogP contribution is -2.36. The molecule has 0 radical (unpaired) electrons. The molecule has 0 saturated carbocycles. The second kappa shape index (κ2) is 13.0. The minimum Gasteiger partial charge on any atom is -0.491 e. The minimum atomic E-state index is -3.74. The third-order valence-corrected chi connectivity index (χ3v) is 9.84. The van der Waals surface area contributed by atoms with Crippen molar-refractivity contribution in [3.05, 3.63) is 59.9 Å². The summed E-state index contributed by atoms with van der Waals surface area (Å²) in [5.74, 6) is 0.00786. The van der Waals surface area contributed by atoms with Gasteiger partial charge in [-0.05, 0) is 58.4 Å². The molecule has 0 saturated heterocycles. The van der Waals surface area contributed by atoms with Gasteiger partial charge in [0.1, 0.15) is 5.75 Å². The van der Waals surface area contributed by atoms with Gasteiger partial charge in [-0.1, -0.05) is 43.5 Å². The van der Waals surface area contributed by atoms with Gasteiger partial charge in [-0.3, -0.25) is 4.79 Å². The number of anilines is 2. The number of nitrogen functional groups attached to an aromatic ring is 1. The topological polar surface area (TPSA) is 157 Å². The Balaban J connectivity index is 1.72. The third kappa shape index (κ3) is 7.03. The number of sulfone groups is 1. The second-order valence-corrected chi connectivity index (χ2v) is 13.5. The summed E-state index contributed by atoms with van der Waals surface area (Å²) >= 11 is 0. The lowest BCUT2D eigenvalue weighted by Gasteiger charge is -2.27. The summed E-state index contributed by atoms with van der Waals surface area (Å²) in [5, 5.41) is 16.7. The number of hydrogen-bond acceptors (Lipinski definition) is 9. The SMILES string of the molecule is CNCc1cccc2c1OCCCCCC[C@@H](O)CC(C)(C)S(=O)(=O)c1ccc(cc1)-c1cnc(N)c(n1)C(=O)N2. The Hall–Kier alpha value is -3.54. The molecule has 0 spiro atoms. The van der Waals surface area contributed by atoms with Crippen molar-refractivity contribution < 1.29 is 23.1 Å². The van der Waals surface area contributed by atoms with E-state index in [1.54, 1.807) is 32.0 Å². The molecule has 0 fully saturated rings. The predicted octanol–water partition coefficient (Wildman–Crippen LogP) is 4.34. The van der Waals surface area contributed by atoms with Crippen molar-refractivity contribution in [2.24, 2.45) is 0 Å². The molecule has 2 aromatic carbocycles. The summed E-state index contributed by atoms with van der Waals surface area (Å²) in [7, 11) is -1.90. The molecule has 3 aromatic rings. The first-order valence-electron chi connectivity index (χ1n) is 13.9. The van der Waals surface area contributed by atoms with Crippen LogP contribution in [-0.4, -0.2) is 53.9 Å². The van der Waals surface area contributed by atoms with Crippen molar-refractivity contribution in [1.82, 2.24) is 15.3 Å². The van der Waals surface area contributed by atoms with Crippen molar-refractivity contribution in [1.29, 1.82) is 0 Å². The summed E-state index contributed by atoms with van der Waals surface area (Å²) in [5.41, 5.74) is 8.33. The Morgan fingerprint density at radius 3 is 2.59 bits per heavy atom. The number of hydrogen-bond donors (Lipinski definition) is 4. The normalized spacial score (nSPS) is 19.6. The number of aliphatic hydroxyl groups excluding tert-OH is 1. The number of rotatable bonds is 2. The lowest BCUT2D eigenvalue weighted by molar-refractivity contribution is 0.102. The molecule has 2 aliphatic heterocycles. The molecular formula is C30H39N5O5S. The van der Waals surface area contributed by atoms with E-state index in [9.17, 15) is 18.3 Å². The van der Waals surface area contributed by atoms with Crippen LogP contribution < -0.4 is 21.1 Å². The van der Waals surface area contributed by atoms with Gasteiger partial charge in [0, 0.05) is 17.7 Å². The van der Waals surface area contributed by atoms with Crippen LogP contribution in [0.2, 0.25) is 0 Å². The molecule has 0 unspecified atom stereocenters. The monoisotopic (exact) mass is 581 g/mol. The van der Waals surface area contributed by atoms with Gasteiger partial charge in [-0.15, -0.1) is 0 Å². The molecule has 5 N–H and O–H groups in total. The van der Waals surface area contributed by atoms with Gasteiger partial charge < -0.3 is 26.2 Å². The number of benzene rings is 2. The van der Waals surface area contributed by atoms with E-state index in [1.165, 1.54) is 18.3 Å². The Bertz CT molecular complexity index is 1480. The predicted molar refractivity (Wildman–Crippen MR) is 160 cm³/mol. The third-order valence-electron chi connectivity index (χ3n) is 7.32. The highest BCUT2D eigenvalue weighted by molar-refractivity contribution is 7.92. The van der Waals surface area contributed by atoms with Gasteiger partial charge >= 0.3 is 0 Å². The standard InChI is InChI=1S/C30H39N5O5S/c1-30(2)17-22(36)10-6-4-5-7-16-40-27-21(18-32-3)9-8-11-24(27)35-29(37)26-28(31)33-19-25(34-26)20-12-14-23(15-13-20)41(30,38)39/h8-9,11-15,19,22,32,36H,4-7,10,16-18H2,1-3H3,(H2,31,33)(H,35,37)/t22-/m1/s1. The largest absolute Gasteiger partial charge is 0.491 e. The van der Waals surface area contributed by atoms with Gasteiger partial charge in [0.2, 0.25) is 0 Å². The summed E-state index contributed by atoms with van der Waals surface area (Å²) in [6.45, 7) is 4.29. The van der Waals surface area contributed by atoms with Crippen molar-refractivity contribution in [3.63, 3.8) is 0 Å². The highest BCUT2D eigenvalue weighted by Gasteiger charge is 2.37. The molecule has 11 heteroatoms. The number of carbonyl (C=O) groups is 1. The number of fused-ring (bicyclic) bond motifs is 13. The maximum Gasteiger partial charge on any atom is 0.278 e. The summed E-state index contributed by atoms with van der Waals surface area (Å²) in [6, 6.07) is 11.8. The summed E-state index contributed by atoms with van der Waals surface area (Å²) in [6.07, 6.45) is 4.70. The summed E-state index contributed by atoms with van der Waals surface area (Å²) in [4.78, 5) is 22.1. The van der Waals surface area contributed by atoms with Crippen LogP contribution in [-0.2, 0) is 16.4 Å². The van der Waals surface area contributed by atoms with Crippen molar-refractivity contribution in [2.45, 2.75) is 74.7 Å². The summed E-state index contributed by atoms with van der Waals surface area (Å²) < 4.78 is 31.9. The zero-order valence-electron chi connectivity index (χ0n) is 23.8. The van der Waals surface area contributed by atoms with Crippen LogP contribution in [0.3, 0.4) is 0 Å². The maximum atomic E-state index is 13.5. The van der Waals surface area contributed by atoms with Crippen molar-refractivity contribution >= 4 is 27.2 Å². The smallest absolute Gasteiger partial charge is 0.278 e. The molecule has 1 atom stereocenters. The molecule has 5 rings (SSSR count). The Kier molecular flexibility index (Phi) is 9.62. The Labute approximate surface area is 241 Å². The maximum absolute atomic E-state index is 13.5. The molecule has 3 heterocycles. The van der Waals surface area contributed by atoms with Gasteiger partial charge in [0.25, 0.3) is 5.91 Å². The molecule has 4 bridgehead atoms. The first-order chi connectivity index (χ1) is 19.5. The van der Waals surface area contributed by atoms with E-state index < -0.39 is 26.6 Å². The molecular weight excluding hydrogens is 542 g/mol. The van der Waals surface area contributed by atoms with Crippen LogP contribution in [0.4, 0.5) is 11.5 Å². The van der Waals surface area contributed by atoms with Crippen LogP contribution in [0, 0.1) is 0 Å². The van der Waals surface area contributed by atoms with Crippen LogP contribution in [0.15, 0.2) is 53.6 Å². The Morgan fingerprint density at radius 2 is 1.85 bits per heavy atom. The number of carbonyl (C=O) groups excluding carboxylic acids is 1. The number of amides is 1. The van der Waals surface area contributed by atoms with Gasteiger partial charge in [0.05, 0.1) is 39.9 Å². The van der Waals surface area contributed by atoms with E-state index in [1.807, 2.05) is 19.2 Å². The fourth-order valence-electron chi connectivity index (χ4n) is 4.98. The fraction of sp³-hybridized carbons (Fsp3) is 0.433. The number of aliphatic hydroxyl groups is 1. The first kappa shape index (κ1) is 30.4. The second-order valence-electron chi connectivity index (χ2n) is 11.0. The van der Waals surface area contributed by atoms with E-state index in [0.29, 0.717) is 42.3 Å². The van der Waals surface area contributed by atoms with E-state index in [4.69, 9.17) is 10.5 Å². The highest BCUT2D eigenvalue weighted by Crippen LogP contribution is 2.33. The fourth-order valence-corrected chi connectivity index (χ4v) is 6.53. The average molecular weight is 582 g/mol. The van der Waals surface area contributed by atoms with E-state index in [0.717, 1.165) is 31.2 Å². The average Bonchev–Trinajstić information content (AvgIpc) is 2.93. The van der Waals surface area contributed by atoms with E-state index in [-0.39, 0.29) is 22.8 Å². The molecule has 220 valence electrons. The van der Waals surface area contributed by atoms with Gasteiger partial charge in [0.15, 0.2) is 21.3 Å². The number of para-hydroxylation sites is 1.